The fourth-order valence-corrected chi connectivity index (χ4v) is 2.66. The number of carbonyl (C=O) groups excluding carboxylic acids is 3. The first-order chi connectivity index (χ1) is 17.3. The lowest BCUT2D eigenvalue weighted by molar-refractivity contribution is 0.0502. The second-order valence-electron chi connectivity index (χ2n) is 7.72. The van der Waals surface area contributed by atoms with Crippen molar-refractivity contribution in [2.45, 2.75) is 20.8 Å². The van der Waals surface area contributed by atoms with Crippen LogP contribution in [0.15, 0.2) is 88.3 Å². The van der Waals surface area contributed by atoms with E-state index in [2.05, 4.69) is 15.5 Å². The Labute approximate surface area is 207 Å². The van der Waals surface area contributed by atoms with Gasteiger partial charge in [-0.15, -0.1) is 0 Å². The molecule has 0 unspecified atom stereocenters. The Morgan fingerprint density at radius 2 is 0.833 bits per heavy atom. The van der Waals surface area contributed by atoms with Crippen LogP contribution in [0.5, 0.6) is 0 Å². The first-order valence-electron chi connectivity index (χ1n) is 10.8. The smallest absolute Gasteiger partial charge is 0.313 e. The number of carbonyl (C=O) groups is 3. The Balaban J connectivity index is 1.70. The van der Waals surface area contributed by atoms with E-state index >= 15 is 0 Å². The Bertz CT molecular complexity index is 1240. The highest BCUT2D eigenvalue weighted by Crippen LogP contribution is 2.07. The molecule has 0 atom stereocenters. The van der Waals surface area contributed by atoms with Gasteiger partial charge in [0.15, 0.2) is 0 Å². The normalized spacial score (nSPS) is 10.8. The van der Waals surface area contributed by atoms with Gasteiger partial charge in [0.2, 0.25) is 0 Å². The highest BCUT2D eigenvalue weighted by atomic mass is 16.7. The van der Waals surface area contributed by atoms with Gasteiger partial charge in [0.25, 0.3) is 0 Å². The second kappa shape index (κ2) is 12.5. The van der Waals surface area contributed by atoms with Crippen molar-refractivity contribution in [2.75, 3.05) is 0 Å². The van der Waals surface area contributed by atoms with Crippen LogP contribution in [0.1, 0.15) is 47.8 Å². The van der Waals surface area contributed by atoms with Crippen LogP contribution in [-0.2, 0) is 14.5 Å². The van der Waals surface area contributed by atoms with Crippen molar-refractivity contribution in [2.24, 2.45) is 15.5 Å². The third-order valence-electron chi connectivity index (χ3n) is 4.74. The molecule has 0 aliphatic heterocycles. The maximum atomic E-state index is 12.3. The summed E-state index contributed by atoms with van der Waals surface area (Å²) in [5, 5.41) is 10.8. The summed E-state index contributed by atoms with van der Waals surface area (Å²) in [6.07, 6.45) is 1.97. The summed E-state index contributed by atoms with van der Waals surface area (Å²) in [7, 11) is 0. The van der Waals surface area contributed by atoms with Crippen LogP contribution in [0.25, 0.3) is 0 Å². The van der Waals surface area contributed by atoms with E-state index in [1.807, 2.05) is 20.8 Å². The van der Waals surface area contributed by atoms with Gasteiger partial charge < -0.3 is 14.5 Å². The molecule has 0 spiro atoms. The number of benzene rings is 3. The minimum absolute atomic E-state index is 0.163. The van der Waals surface area contributed by atoms with Crippen LogP contribution >= 0.6 is 0 Å². The number of rotatable bonds is 8. The van der Waals surface area contributed by atoms with Gasteiger partial charge >= 0.3 is 17.9 Å². The molecule has 0 radical (unpaired) electrons. The Morgan fingerprint density at radius 3 is 1.17 bits per heavy atom. The zero-order chi connectivity index (χ0) is 25.9. The molecule has 3 rings (SSSR count). The van der Waals surface area contributed by atoms with Crippen molar-refractivity contribution in [3.63, 3.8) is 0 Å². The fraction of sp³-hybridized carbons (Fsp3) is 0.111. The van der Waals surface area contributed by atoms with Gasteiger partial charge in [-0.2, -0.15) is 0 Å². The summed E-state index contributed by atoms with van der Waals surface area (Å²) in [6.45, 7) is 5.66. The van der Waals surface area contributed by atoms with Crippen molar-refractivity contribution < 1.29 is 28.9 Å². The van der Waals surface area contributed by atoms with E-state index in [9.17, 15) is 14.4 Å². The number of hydrogen-bond acceptors (Lipinski definition) is 9. The lowest BCUT2D eigenvalue weighted by Gasteiger charge is -2.01. The van der Waals surface area contributed by atoms with Gasteiger partial charge in [0.05, 0.1) is 29.1 Å². The number of aryl methyl sites for hydroxylation is 3. The minimum Gasteiger partial charge on any atom is -0.313 e. The summed E-state index contributed by atoms with van der Waals surface area (Å²) >= 11 is 0. The van der Waals surface area contributed by atoms with Gasteiger partial charge in [-0.1, -0.05) is 68.6 Å². The number of oxime groups is 3. The van der Waals surface area contributed by atoms with Crippen LogP contribution in [0.2, 0.25) is 0 Å². The zero-order valence-corrected chi connectivity index (χ0v) is 19.9. The lowest BCUT2D eigenvalue weighted by Crippen LogP contribution is -2.10. The molecule has 9 heteroatoms. The average molecular weight is 485 g/mol. The molecule has 9 nitrogen and oxygen atoms in total. The summed E-state index contributed by atoms with van der Waals surface area (Å²) < 4.78 is 0. The molecule has 0 aliphatic carbocycles. The molecular weight excluding hydrogens is 462 g/mol. The molecule has 0 fully saturated rings. The predicted molar refractivity (Wildman–Crippen MR) is 134 cm³/mol. The topological polar surface area (TPSA) is 116 Å². The fourth-order valence-electron chi connectivity index (χ4n) is 2.66. The molecule has 0 aliphatic rings. The standard InChI is InChI=1S/C27H23N3O6/c1-18-4-10-21(11-5-18)25(31)34-28-16-24(30-36-27(33)23-14-8-20(3)9-15-23)17-29-35-26(32)22-12-6-19(2)7-13-22/h4-17H,1-3H3/b28-16+,29-17+. The third-order valence-corrected chi connectivity index (χ3v) is 4.74. The van der Waals surface area contributed by atoms with Crippen LogP contribution in [0, 0.1) is 20.8 Å². The van der Waals surface area contributed by atoms with Crippen molar-refractivity contribution in [3.8, 4) is 0 Å². The van der Waals surface area contributed by atoms with Crippen molar-refractivity contribution in [1.29, 1.82) is 0 Å². The zero-order valence-electron chi connectivity index (χ0n) is 19.9. The maximum absolute atomic E-state index is 12.3. The van der Waals surface area contributed by atoms with Gasteiger partial charge in [-0.3, -0.25) is 0 Å². The monoisotopic (exact) mass is 485 g/mol. The van der Waals surface area contributed by atoms with E-state index < -0.39 is 17.9 Å². The van der Waals surface area contributed by atoms with Gasteiger partial charge in [0.1, 0.15) is 5.71 Å². The second-order valence-corrected chi connectivity index (χ2v) is 7.72. The SMILES string of the molecule is Cc1ccc(C(=O)ON=C(/C=N/OC(=O)c2ccc(C)cc2)/C=N/OC(=O)c2ccc(C)cc2)cc1. The molecule has 182 valence electrons. The molecular formula is C27H23N3O6. The van der Waals surface area contributed by atoms with Gasteiger partial charge in [-0.05, 0) is 57.2 Å². The van der Waals surface area contributed by atoms with Crippen LogP contribution in [0.3, 0.4) is 0 Å². The maximum Gasteiger partial charge on any atom is 0.365 e. The molecule has 0 amide bonds. The summed E-state index contributed by atoms with van der Waals surface area (Å²) in [5.41, 5.74) is 3.64. The molecule has 36 heavy (non-hydrogen) atoms. The molecule has 0 bridgehead atoms. The van der Waals surface area contributed by atoms with E-state index in [0.717, 1.165) is 29.1 Å². The first kappa shape index (κ1) is 25.7. The van der Waals surface area contributed by atoms with Crippen LogP contribution in [0.4, 0.5) is 0 Å². The Hall–Kier alpha value is -4.92. The molecule has 0 N–H and O–H groups in total. The van der Waals surface area contributed by atoms with Crippen molar-refractivity contribution >= 4 is 36.0 Å². The van der Waals surface area contributed by atoms with Gasteiger partial charge in [-0.25, -0.2) is 14.4 Å². The molecule has 0 aromatic heterocycles. The number of hydrogen-bond donors (Lipinski definition) is 0. The summed E-state index contributed by atoms with van der Waals surface area (Å²) in [4.78, 5) is 51.2. The predicted octanol–water partition coefficient (Wildman–Crippen LogP) is 4.81. The Kier molecular flexibility index (Phi) is 8.94. The minimum atomic E-state index is -0.734. The third kappa shape index (κ3) is 7.84. The molecule has 0 heterocycles. The number of nitrogens with zero attached hydrogens (tertiary/aromatic N) is 3. The van der Waals surface area contributed by atoms with E-state index in [4.69, 9.17) is 14.5 Å². The average Bonchev–Trinajstić information content (AvgIpc) is 2.87. The van der Waals surface area contributed by atoms with E-state index in [1.165, 1.54) is 0 Å². The van der Waals surface area contributed by atoms with Crippen molar-refractivity contribution in [3.05, 3.63) is 106 Å². The highest BCUT2D eigenvalue weighted by Gasteiger charge is 2.09. The molecule has 3 aromatic rings. The Morgan fingerprint density at radius 1 is 0.528 bits per heavy atom. The lowest BCUT2D eigenvalue weighted by atomic mass is 10.2. The highest BCUT2D eigenvalue weighted by molar-refractivity contribution is 6.55. The van der Waals surface area contributed by atoms with Crippen LogP contribution in [-0.4, -0.2) is 36.0 Å². The van der Waals surface area contributed by atoms with Crippen molar-refractivity contribution in [1.82, 2.24) is 0 Å². The van der Waals surface area contributed by atoms with E-state index in [0.29, 0.717) is 11.1 Å². The quantitative estimate of drug-likeness (QED) is 0.257. The van der Waals surface area contributed by atoms with E-state index in [-0.39, 0.29) is 11.3 Å². The molecule has 0 saturated heterocycles. The molecule has 3 aromatic carbocycles. The molecule has 0 saturated carbocycles. The van der Waals surface area contributed by atoms with Crippen LogP contribution < -0.4 is 0 Å². The first-order valence-corrected chi connectivity index (χ1v) is 10.8. The summed E-state index contributed by atoms with van der Waals surface area (Å²) in [5.74, 6) is -2.14. The summed E-state index contributed by atoms with van der Waals surface area (Å²) in [6, 6.07) is 20.1. The largest absolute Gasteiger partial charge is 0.365 e. The van der Waals surface area contributed by atoms with E-state index in [1.54, 1.807) is 72.8 Å². The van der Waals surface area contributed by atoms with Gasteiger partial charge in [0, 0.05) is 0 Å².